The van der Waals surface area contributed by atoms with Gasteiger partial charge >= 0.3 is 0 Å². The number of fused-ring (bicyclic) bond motifs is 1. The molecular formula is C18H15N2O3-. The van der Waals surface area contributed by atoms with Crippen LogP contribution in [0.5, 0.6) is 0 Å². The molecule has 0 unspecified atom stereocenters. The van der Waals surface area contributed by atoms with Gasteiger partial charge in [0.05, 0.1) is 5.97 Å². The van der Waals surface area contributed by atoms with E-state index >= 15 is 0 Å². The number of carboxylic acid groups (broad SMARTS) is 1. The first-order valence-electron chi connectivity index (χ1n) is 7.22. The van der Waals surface area contributed by atoms with Crippen molar-refractivity contribution >= 4 is 28.5 Å². The third-order valence-electron chi connectivity index (χ3n) is 3.79. The lowest BCUT2D eigenvalue weighted by molar-refractivity contribution is -0.254. The van der Waals surface area contributed by atoms with Crippen LogP contribution in [0.1, 0.15) is 16.1 Å². The number of carbonyl (C=O) groups is 2. The molecule has 0 saturated heterocycles. The van der Waals surface area contributed by atoms with E-state index in [0.29, 0.717) is 22.3 Å². The molecule has 0 fully saturated rings. The second-order valence-electron chi connectivity index (χ2n) is 5.27. The van der Waals surface area contributed by atoms with Crippen molar-refractivity contribution in [2.45, 2.75) is 13.5 Å². The van der Waals surface area contributed by atoms with Gasteiger partial charge in [-0.05, 0) is 25.1 Å². The lowest BCUT2D eigenvalue weighted by Gasteiger charge is -2.10. The molecule has 0 spiro atoms. The smallest absolute Gasteiger partial charge is 0.244 e. The van der Waals surface area contributed by atoms with Crippen molar-refractivity contribution < 1.29 is 14.7 Å². The lowest BCUT2D eigenvalue weighted by atomic mass is 10.1. The highest BCUT2D eigenvalue weighted by Gasteiger charge is 2.16. The van der Waals surface area contributed by atoms with Crippen LogP contribution in [-0.2, 0) is 11.3 Å². The molecule has 5 heteroatoms. The van der Waals surface area contributed by atoms with Crippen LogP contribution in [0.3, 0.4) is 0 Å². The van der Waals surface area contributed by atoms with Crippen molar-refractivity contribution in [1.82, 2.24) is 4.57 Å². The number of hydrogen-bond donors (Lipinski definition) is 1. The summed E-state index contributed by atoms with van der Waals surface area (Å²) in [5.41, 5.74) is 2.04. The Balaban J connectivity index is 1.95. The van der Waals surface area contributed by atoms with E-state index in [0.717, 1.165) is 0 Å². The number of para-hydroxylation sites is 2. The summed E-state index contributed by atoms with van der Waals surface area (Å²) in [6.45, 7) is 1.72. The number of rotatable bonds is 4. The third-order valence-corrected chi connectivity index (χ3v) is 3.79. The van der Waals surface area contributed by atoms with Gasteiger partial charge in [-0.25, -0.2) is 0 Å². The van der Waals surface area contributed by atoms with E-state index in [1.54, 1.807) is 41.8 Å². The van der Waals surface area contributed by atoms with Gasteiger partial charge < -0.3 is 19.8 Å². The van der Waals surface area contributed by atoms with Gasteiger partial charge in [-0.1, -0.05) is 36.4 Å². The summed E-state index contributed by atoms with van der Waals surface area (Å²) in [4.78, 5) is 23.7. The predicted octanol–water partition coefficient (Wildman–Crippen LogP) is 1.95. The second-order valence-corrected chi connectivity index (χ2v) is 5.27. The van der Waals surface area contributed by atoms with Crippen LogP contribution in [0.2, 0.25) is 0 Å². The van der Waals surface area contributed by atoms with Gasteiger partial charge in [-0.2, -0.15) is 0 Å². The Morgan fingerprint density at radius 3 is 2.39 bits per heavy atom. The molecule has 0 atom stereocenters. The molecule has 2 aromatic carbocycles. The standard InChI is InChI=1S/C18H16N2O3/c1-12-17(18(22)23)14-9-5-6-10-15(14)20(12)11-16(21)19-13-7-3-2-4-8-13/h2-10H,11H2,1H3,(H,19,21)(H,22,23)/p-1. The van der Waals surface area contributed by atoms with Crippen LogP contribution >= 0.6 is 0 Å². The summed E-state index contributed by atoms with van der Waals surface area (Å²) >= 11 is 0. The molecule has 0 saturated carbocycles. The second kappa shape index (κ2) is 5.96. The SMILES string of the molecule is Cc1c(C(=O)[O-])c2ccccc2n1CC(=O)Nc1ccccc1. The maximum atomic E-state index is 12.3. The molecule has 116 valence electrons. The van der Waals surface area contributed by atoms with Crippen molar-refractivity contribution in [1.29, 1.82) is 0 Å². The Morgan fingerprint density at radius 2 is 1.70 bits per heavy atom. The minimum atomic E-state index is -1.24. The summed E-state index contributed by atoms with van der Waals surface area (Å²) in [5, 5.41) is 14.8. The first kappa shape index (κ1) is 14.8. The molecule has 5 nitrogen and oxygen atoms in total. The molecule has 1 aromatic heterocycles. The van der Waals surface area contributed by atoms with Gasteiger partial charge in [0.2, 0.25) is 5.91 Å². The first-order valence-corrected chi connectivity index (χ1v) is 7.22. The number of aromatic carboxylic acids is 1. The zero-order valence-corrected chi connectivity index (χ0v) is 12.6. The highest BCUT2D eigenvalue weighted by atomic mass is 16.4. The number of benzene rings is 2. The molecule has 1 amide bonds. The Bertz CT molecular complexity index is 882. The van der Waals surface area contributed by atoms with Crippen molar-refractivity contribution in [3.05, 3.63) is 65.9 Å². The Morgan fingerprint density at radius 1 is 1.04 bits per heavy atom. The van der Waals surface area contributed by atoms with Crippen LogP contribution in [0.15, 0.2) is 54.6 Å². The van der Waals surface area contributed by atoms with Crippen LogP contribution < -0.4 is 10.4 Å². The minimum absolute atomic E-state index is 0.0362. The van der Waals surface area contributed by atoms with E-state index < -0.39 is 5.97 Å². The maximum absolute atomic E-state index is 12.3. The van der Waals surface area contributed by atoms with E-state index in [4.69, 9.17) is 0 Å². The Labute approximate surface area is 133 Å². The van der Waals surface area contributed by atoms with E-state index in [1.165, 1.54) is 0 Å². The fourth-order valence-electron chi connectivity index (χ4n) is 2.76. The number of nitrogens with zero attached hydrogens (tertiary/aromatic N) is 1. The quantitative estimate of drug-likeness (QED) is 0.800. The fourth-order valence-corrected chi connectivity index (χ4v) is 2.76. The number of carboxylic acids is 1. The summed E-state index contributed by atoms with van der Waals surface area (Å²) in [7, 11) is 0. The van der Waals surface area contributed by atoms with E-state index in [1.807, 2.05) is 24.3 Å². The first-order chi connectivity index (χ1) is 11.1. The molecule has 1 heterocycles. The molecule has 0 aliphatic rings. The summed E-state index contributed by atoms with van der Waals surface area (Å²) < 4.78 is 1.69. The van der Waals surface area contributed by atoms with E-state index in [-0.39, 0.29) is 18.0 Å². The lowest BCUT2D eigenvalue weighted by Crippen LogP contribution is -2.24. The van der Waals surface area contributed by atoms with Crippen LogP contribution in [0.25, 0.3) is 10.9 Å². The fraction of sp³-hybridized carbons (Fsp3) is 0.111. The molecular weight excluding hydrogens is 292 g/mol. The van der Waals surface area contributed by atoms with Crippen LogP contribution in [0, 0.1) is 6.92 Å². The van der Waals surface area contributed by atoms with Crippen molar-refractivity contribution in [2.24, 2.45) is 0 Å². The number of hydrogen-bond acceptors (Lipinski definition) is 3. The van der Waals surface area contributed by atoms with Gasteiger partial charge in [-0.15, -0.1) is 0 Å². The Hall–Kier alpha value is -3.08. The van der Waals surface area contributed by atoms with Crippen molar-refractivity contribution in [2.75, 3.05) is 5.32 Å². The topological polar surface area (TPSA) is 74.2 Å². The normalized spacial score (nSPS) is 10.7. The molecule has 0 radical (unpaired) electrons. The average molecular weight is 307 g/mol. The van der Waals surface area contributed by atoms with Crippen molar-refractivity contribution in [3.8, 4) is 0 Å². The molecule has 0 aliphatic carbocycles. The van der Waals surface area contributed by atoms with Crippen LogP contribution in [-0.4, -0.2) is 16.4 Å². The number of aromatic nitrogens is 1. The molecule has 0 bridgehead atoms. The number of nitrogens with one attached hydrogen (secondary N) is 1. The molecule has 1 N–H and O–H groups in total. The third kappa shape index (κ3) is 2.81. The van der Waals surface area contributed by atoms with Gasteiger partial charge in [0, 0.05) is 27.8 Å². The largest absolute Gasteiger partial charge is 0.545 e. The molecule has 23 heavy (non-hydrogen) atoms. The van der Waals surface area contributed by atoms with Gasteiger partial charge in [0.15, 0.2) is 0 Å². The highest BCUT2D eigenvalue weighted by molar-refractivity contribution is 6.04. The van der Waals surface area contributed by atoms with Gasteiger partial charge in [0.25, 0.3) is 0 Å². The van der Waals surface area contributed by atoms with Gasteiger partial charge in [-0.3, -0.25) is 4.79 Å². The molecule has 0 aliphatic heterocycles. The summed E-state index contributed by atoms with van der Waals surface area (Å²) in [5.74, 6) is -1.45. The minimum Gasteiger partial charge on any atom is -0.545 e. The van der Waals surface area contributed by atoms with Crippen LogP contribution in [0.4, 0.5) is 5.69 Å². The van der Waals surface area contributed by atoms with E-state index in [9.17, 15) is 14.7 Å². The monoisotopic (exact) mass is 307 g/mol. The predicted molar refractivity (Wildman–Crippen MR) is 86.1 cm³/mol. The van der Waals surface area contributed by atoms with E-state index in [2.05, 4.69) is 5.32 Å². The number of anilines is 1. The van der Waals surface area contributed by atoms with Gasteiger partial charge in [0.1, 0.15) is 6.54 Å². The highest BCUT2D eigenvalue weighted by Crippen LogP contribution is 2.25. The molecule has 3 aromatic rings. The zero-order chi connectivity index (χ0) is 16.4. The molecule has 3 rings (SSSR count). The zero-order valence-electron chi connectivity index (χ0n) is 12.6. The average Bonchev–Trinajstić information content (AvgIpc) is 2.81. The Kier molecular flexibility index (Phi) is 3.85. The van der Waals surface area contributed by atoms with Crippen molar-refractivity contribution in [3.63, 3.8) is 0 Å². The summed E-state index contributed by atoms with van der Waals surface area (Å²) in [6, 6.07) is 16.2. The summed E-state index contributed by atoms with van der Waals surface area (Å²) in [6.07, 6.45) is 0. The number of amides is 1. The number of carbonyl (C=O) groups excluding carboxylic acids is 2. The maximum Gasteiger partial charge on any atom is 0.244 e.